The van der Waals surface area contributed by atoms with Crippen LogP contribution in [-0.2, 0) is 17.5 Å². The molecule has 0 aliphatic rings. The summed E-state index contributed by atoms with van der Waals surface area (Å²) in [4.78, 5) is 4.47. The third kappa shape index (κ3) is 6.92. The highest BCUT2D eigenvalue weighted by molar-refractivity contribution is 14.1. The number of ether oxygens (including phenoxy) is 1. The SMILES string of the molecule is CC(C)(C)[Si](C)(C)OC(CCc1ccc(COc2ccccc2)cc1)c1ncc(I)o1. The number of para-hydroxylation sites is 1. The zero-order valence-electron chi connectivity index (χ0n) is 19.0. The number of benzene rings is 2. The monoisotopic (exact) mass is 549 g/mol. The molecular formula is C25H32INO3Si. The Bertz CT molecular complexity index is 949. The van der Waals surface area contributed by atoms with Gasteiger partial charge in [-0.15, -0.1) is 0 Å². The van der Waals surface area contributed by atoms with Gasteiger partial charge in [-0.2, -0.15) is 0 Å². The van der Waals surface area contributed by atoms with Gasteiger partial charge in [0.05, 0.1) is 6.20 Å². The van der Waals surface area contributed by atoms with Crippen LogP contribution in [0.25, 0.3) is 0 Å². The Morgan fingerprint density at radius 3 is 2.23 bits per heavy atom. The third-order valence-electron chi connectivity index (χ3n) is 5.88. The summed E-state index contributed by atoms with van der Waals surface area (Å²) in [7, 11) is -1.95. The van der Waals surface area contributed by atoms with Crippen molar-refractivity contribution in [3.8, 4) is 5.75 Å². The second kappa shape index (κ2) is 10.3. The van der Waals surface area contributed by atoms with E-state index >= 15 is 0 Å². The van der Waals surface area contributed by atoms with Crippen LogP contribution in [0.15, 0.2) is 65.2 Å². The zero-order valence-corrected chi connectivity index (χ0v) is 22.2. The summed E-state index contributed by atoms with van der Waals surface area (Å²) in [6.07, 6.45) is 3.37. The molecule has 0 saturated carbocycles. The molecule has 0 spiro atoms. The Labute approximate surface area is 200 Å². The zero-order chi connectivity index (χ0) is 22.5. The molecule has 0 bridgehead atoms. The molecular weight excluding hydrogens is 517 g/mol. The van der Waals surface area contributed by atoms with Crippen molar-refractivity contribution < 1.29 is 13.6 Å². The molecule has 6 heteroatoms. The first-order chi connectivity index (χ1) is 14.6. The van der Waals surface area contributed by atoms with E-state index in [-0.39, 0.29) is 11.1 Å². The molecule has 3 aromatic rings. The third-order valence-corrected chi connectivity index (χ3v) is 10.9. The summed E-state index contributed by atoms with van der Waals surface area (Å²) in [5, 5.41) is 0.130. The van der Waals surface area contributed by atoms with Gasteiger partial charge in [0.1, 0.15) is 18.5 Å². The minimum Gasteiger partial charge on any atom is -0.489 e. The van der Waals surface area contributed by atoms with Gasteiger partial charge in [0.15, 0.2) is 12.1 Å². The van der Waals surface area contributed by atoms with E-state index in [1.54, 1.807) is 6.20 Å². The minimum atomic E-state index is -1.95. The minimum absolute atomic E-state index is 0.130. The molecule has 1 unspecified atom stereocenters. The number of nitrogens with zero attached hydrogens (tertiary/aromatic N) is 1. The number of oxazole rings is 1. The van der Waals surface area contributed by atoms with E-state index in [0.29, 0.717) is 12.5 Å². The largest absolute Gasteiger partial charge is 0.489 e. The average molecular weight is 550 g/mol. The lowest BCUT2D eigenvalue weighted by atomic mass is 10.1. The Morgan fingerprint density at radius 2 is 1.65 bits per heavy atom. The van der Waals surface area contributed by atoms with Gasteiger partial charge in [-0.05, 0) is 54.2 Å². The predicted molar refractivity (Wildman–Crippen MR) is 136 cm³/mol. The number of halogens is 1. The van der Waals surface area contributed by atoms with Gasteiger partial charge in [0, 0.05) is 22.6 Å². The number of hydrogen-bond acceptors (Lipinski definition) is 4. The highest BCUT2D eigenvalue weighted by atomic mass is 127. The Kier molecular flexibility index (Phi) is 7.99. The van der Waals surface area contributed by atoms with Crippen LogP contribution in [0.1, 0.15) is 50.3 Å². The van der Waals surface area contributed by atoms with Crippen molar-refractivity contribution in [2.75, 3.05) is 0 Å². The number of aromatic nitrogens is 1. The first kappa shape index (κ1) is 24.0. The summed E-state index contributed by atoms with van der Waals surface area (Å²) in [5.74, 6) is 1.57. The molecule has 0 saturated heterocycles. The summed E-state index contributed by atoms with van der Waals surface area (Å²) < 4.78 is 19.2. The highest BCUT2D eigenvalue weighted by Crippen LogP contribution is 2.40. The van der Waals surface area contributed by atoms with E-state index in [1.165, 1.54) is 5.56 Å². The molecule has 2 aromatic carbocycles. The first-order valence-corrected chi connectivity index (χ1v) is 14.7. The lowest BCUT2D eigenvalue weighted by molar-refractivity contribution is 0.140. The van der Waals surface area contributed by atoms with Gasteiger partial charge in [-0.25, -0.2) is 4.98 Å². The van der Waals surface area contributed by atoms with E-state index in [4.69, 9.17) is 13.6 Å². The van der Waals surface area contributed by atoms with Crippen LogP contribution in [0, 0.1) is 3.77 Å². The normalized spacial score (nSPS) is 13.2. The fourth-order valence-corrected chi connectivity index (χ4v) is 4.61. The van der Waals surface area contributed by atoms with Crippen LogP contribution in [0.3, 0.4) is 0 Å². The summed E-state index contributed by atoms with van der Waals surface area (Å²) in [6, 6.07) is 18.5. The van der Waals surface area contributed by atoms with Crippen molar-refractivity contribution in [1.82, 2.24) is 4.98 Å². The summed E-state index contributed by atoms with van der Waals surface area (Å²) in [5.41, 5.74) is 2.43. The number of aryl methyl sites for hydroxylation is 1. The number of hydrogen-bond donors (Lipinski definition) is 0. The van der Waals surface area contributed by atoms with Gasteiger partial charge in [0.2, 0.25) is 5.89 Å². The number of rotatable bonds is 9. The standard InChI is InChI=1S/C25H32INO3Si/c1-25(2,3)31(4,5)30-22(24-27-17-23(26)29-24)16-15-19-11-13-20(14-12-19)18-28-21-9-7-6-8-10-21/h6-14,17,22H,15-16,18H2,1-5H3. The van der Waals surface area contributed by atoms with Gasteiger partial charge >= 0.3 is 0 Å². The van der Waals surface area contributed by atoms with Crippen LogP contribution in [0.4, 0.5) is 0 Å². The lowest BCUT2D eigenvalue weighted by Gasteiger charge is -2.38. The highest BCUT2D eigenvalue weighted by Gasteiger charge is 2.40. The Hall–Kier alpha value is -1.64. The molecule has 1 aromatic heterocycles. The van der Waals surface area contributed by atoms with Crippen LogP contribution in [-0.4, -0.2) is 13.3 Å². The van der Waals surface area contributed by atoms with E-state index < -0.39 is 8.32 Å². The van der Waals surface area contributed by atoms with Crippen LogP contribution >= 0.6 is 22.6 Å². The molecule has 0 aliphatic heterocycles. The maximum atomic E-state index is 6.69. The van der Waals surface area contributed by atoms with Gasteiger partial charge in [0.25, 0.3) is 0 Å². The summed E-state index contributed by atoms with van der Waals surface area (Å²) >= 11 is 2.16. The van der Waals surface area contributed by atoms with Crippen molar-refractivity contribution >= 4 is 30.9 Å². The lowest BCUT2D eigenvalue weighted by Crippen LogP contribution is -2.42. The summed E-state index contributed by atoms with van der Waals surface area (Å²) in [6.45, 7) is 11.9. The molecule has 31 heavy (non-hydrogen) atoms. The van der Waals surface area contributed by atoms with Gasteiger partial charge in [-0.3, -0.25) is 0 Å². The topological polar surface area (TPSA) is 44.5 Å². The van der Waals surface area contributed by atoms with Crippen molar-refractivity contribution in [2.45, 2.75) is 64.5 Å². The average Bonchev–Trinajstić information content (AvgIpc) is 3.16. The van der Waals surface area contributed by atoms with Crippen molar-refractivity contribution in [1.29, 1.82) is 0 Å². The second-order valence-electron chi connectivity index (χ2n) is 9.33. The molecule has 4 nitrogen and oxygen atoms in total. The smallest absolute Gasteiger partial charge is 0.223 e. The van der Waals surface area contributed by atoms with Crippen molar-refractivity contribution in [3.05, 3.63) is 81.6 Å². The molecule has 1 atom stereocenters. The maximum Gasteiger partial charge on any atom is 0.223 e. The van der Waals surface area contributed by atoms with Crippen molar-refractivity contribution in [3.63, 3.8) is 0 Å². The van der Waals surface area contributed by atoms with Gasteiger partial charge in [-0.1, -0.05) is 63.2 Å². The van der Waals surface area contributed by atoms with Crippen molar-refractivity contribution in [2.24, 2.45) is 0 Å². The van der Waals surface area contributed by atoms with Crippen LogP contribution in [0.2, 0.25) is 18.1 Å². The quantitative estimate of drug-likeness (QED) is 0.204. The molecule has 0 aliphatic carbocycles. The second-order valence-corrected chi connectivity index (χ2v) is 15.1. The van der Waals surface area contributed by atoms with Crippen LogP contribution in [0.5, 0.6) is 5.75 Å². The molecule has 1 heterocycles. The van der Waals surface area contributed by atoms with E-state index in [2.05, 4.69) is 85.7 Å². The molecule has 0 amide bonds. The van der Waals surface area contributed by atoms with E-state index in [9.17, 15) is 0 Å². The van der Waals surface area contributed by atoms with Gasteiger partial charge < -0.3 is 13.6 Å². The Morgan fingerprint density at radius 1 is 1.00 bits per heavy atom. The molecule has 0 N–H and O–H groups in total. The Balaban J connectivity index is 1.62. The molecule has 0 fully saturated rings. The molecule has 0 radical (unpaired) electrons. The predicted octanol–water partition coefficient (Wildman–Crippen LogP) is 7.55. The molecule has 166 valence electrons. The van der Waals surface area contributed by atoms with Crippen LogP contribution < -0.4 is 4.74 Å². The molecule has 3 rings (SSSR count). The fourth-order valence-electron chi connectivity index (χ4n) is 2.96. The maximum absolute atomic E-state index is 6.69. The van der Waals surface area contributed by atoms with E-state index in [1.807, 2.05) is 30.3 Å². The fraction of sp³-hybridized carbons (Fsp3) is 0.400. The van der Waals surface area contributed by atoms with E-state index in [0.717, 1.165) is 27.9 Å². The first-order valence-electron chi connectivity index (χ1n) is 10.7.